The summed E-state index contributed by atoms with van der Waals surface area (Å²) in [6, 6.07) is 0. The van der Waals surface area contributed by atoms with Crippen LogP contribution >= 0.6 is 0 Å². The van der Waals surface area contributed by atoms with Crippen molar-refractivity contribution in [1.82, 2.24) is 4.72 Å². The molecule has 0 saturated carbocycles. The van der Waals surface area contributed by atoms with Crippen molar-refractivity contribution in [2.75, 3.05) is 19.5 Å². The standard InChI is InChI=1S/C8H19NO4S/c1-7(10)8(2,3)9-14(11,12)6-5-13-4/h7,9-10H,5-6H2,1-4H3. The maximum Gasteiger partial charge on any atom is 0.214 e. The van der Waals surface area contributed by atoms with Gasteiger partial charge in [-0.15, -0.1) is 0 Å². The molecule has 5 nitrogen and oxygen atoms in total. The molecule has 0 aliphatic heterocycles. The summed E-state index contributed by atoms with van der Waals surface area (Å²) >= 11 is 0. The molecule has 0 fully saturated rings. The summed E-state index contributed by atoms with van der Waals surface area (Å²) in [6.07, 6.45) is -0.750. The van der Waals surface area contributed by atoms with Crippen LogP contribution in [0.5, 0.6) is 0 Å². The van der Waals surface area contributed by atoms with Gasteiger partial charge in [-0.25, -0.2) is 13.1 Å². The fraction of sp³-hybridized carbons (Fsp3) is 1.00. The second-order valence-corrected chi connectivity index (χ2v) is 5.65. The van der Waals surface area contributed by atoms with E-state index < -0.39 is 21.7 Å². The van der Waals surface area contributed by atoms with E-state index in [0.717, 1.165) is 0 Å². The summed E-state index contributed by atoms with van der Waals surface area (Å²) < 4.78 is 29.9. The summed E-state index contributed by atoms with van der Waals surface area (Å²) in [5.74, 6) is -0.0976. The van der Waals surface area contributed by atoms with Gasteiger partial charge in [-0.2, -0.15) is 0 Å². The SMILES string of the molecule is COCCS(=O)(=O)NC(C)(C)C(C)O. The van der Waals surface area contributed by atoms with Crippen molar-refractivity contribution in [2.24, 2.45) is 0 Å². The first-order valence-electron chi connectivity index (χ1n) is 4.40. The fourth-order valence-electron chi connectivity index (χ4n) is 0.730. The van der Waals surface area contributed by atoms with Crippen molar-refractivity contribution in [2.45, 2.75) is 32.4 Å². The van der Waals surface area contributed by atoms with Gasteiger partial charge in [0.15, 0.2) is 0 Å². The number of aliphatic hydroxyl groups excluding tert-OH is 1. The van der Waals surface area contributed by atoms with Crippen molar-refractivity contribution in [3.05, 3.63) is 0 Å². The second-order valence-electron chi connectivity index (χ2n) is 3.81. The molecule has 0 aromatic carbocycles. The number of hydrogen-bond donors (Lipinski definition) is 2. The van der Waals surface area contributed by atoms with Crippen LogP contribution in [-0.4, -0.2) is 44.6 Å². The van der Waals surface area contributed by atoms with Gasteiger partial charge in [0.05, 0.1) is 24.0 Å². The van der Waals surface area contributed by atoms with Crippen LogP contribution in [0, 0.1) is 0 Å². The van der Waals surface area contributed by atoms with Gasteiger partial charge in [-0.05, 0) is 20.8 Å². The van der Waals surface area contributed by atoms with E-state index in [0.29, 0.717) is 0 Å². The Kier molecular flexibility index (Phi) is 5.00. The molecule has 0 aromatic heterocycles. The summed E-state index contributed by atoms with van der Waals surface area (Å²) in [5.41, 5.74) is -0.855. The summed E-state index contributed by atoms with van der Waals surface area (Å²) in [4.78, 5) is 0. The molecular formula is C8H19NO4S. The van der Waals surface area contributed by atoms with Crippen LogP contribution < -0.4 is 4.72 Å². The first kappa shape index (κ1) is 13.8. The molecule has 6 heteroatoms. The molecular weight excluding hydrogens is 206 g/mol. The third-order valence-corrected chi connectivity index (χ3v) is 3.56. The lowest BCUT2D eigenvalue weighted by atomic mass is 10.0. The van der Waals surface area contributed by atoms with Gasteiger partial charge in [-0.1, -0.05) is 0 Å². The van der Waals surface area contributed by atoms with E-state index in [1.165, 1.54) is 7.11 Å². The molecule has 1 atom stereocenters. The van der Waals surface area contributed by atoms with Gasteiger partial charge in [0.25, 0.3) is 0 Å². The van der Waals surface area contributed by atoms with E-state index in [2.05, 4.69) is 9.46 Å². The fourth-order valence-corrected chi connectivity index (χ4v) is 2.19. The number of hydrogen-bond acceptors (Lipinski definition) is 4. The summed E-state index contributed by atoms with van der Waals surface area (Å²) in [5, 5.41) is 9.31. The Morgan fingerprint density at radius 2 is 2.00 bits per heavy atom. The zero-order valence-electron chi connectivity index (χ0n) is 9.07. The number of methoxy groups -OCH3 is 1. The minimum Gasteiger partial charge on any atom is -0.391 e. The lowest BCUT2D eigenvalue weighted by Gasteiger charge is -2.28. The maximum absolute atomic E-state index is 11.4. The Morgan fingerprint density at radius 1 is 1.50 bits per heavy atom. The highest BCUT2D eigenvalue weighted by Crippen LogP contribution is 2.10. The van der Waals surface area contributed by atoms with Crippen LogP contribution in [0.15, 0.2) is 0 Å². The normalized spacial score (nSPS) is 15.5. The number of ether oxygens (including phenoxy) is 1. The minimum absolute atomic E-state index is 0.0976. The lowest BCUT2D eigenvalue weighted by Crippen LogP contribution is -2.51. The summed E-state index contributed by atoms with van der Waals surface area (Å²) in [6.45, 7) is 4.94. The van der Waals surface area contributed by atoms with Crippen LogP contribution in [0.2, 0.25) is 0 Å². The van der Waals surface area contributed by atoms with E-state index in [9.17, 15) is 13.5 Å². The van der Waals surface area contributed by atoms with Gasteiger partial charge in [-0.3, -0.25) is 0 Å². The Balaban J connectivity index is 4.36. The van der Waals surface area contributed by atoms with Crippen LogP contribution in [0.1, 0.15) is 20.8 Å². The predicted octanol–water partition coefficient (Wildman–Crippen LogP) is -0.288. The van der Waals surface area contributed by atoms with Gasteiger partial charge in [0.1, 0.15) is 0 Å². The Morgan fingerprint density at radius 3 is 2.36 bits per heavy atom. The van der Waals surface area contributed by atoms with E-state index in [-0.39, 0.29) is 12.4 Å². The minimum atomic E-state index is -3.38. The van der Waals surface area contributed by atoms with Crippen molar-refractivity contribution in [3.8, 4) is 0 Å². The lowest BCUT2D eigenvalue weighted by molar-refractivity contribution is 0.111. The average molecular weight is 225 g/mol. The molecule has 0 aliphatic rings. The molecule has 1 unspecified atom stereocenters. The van der Waals surface area contributed by atoms with Crippen LogP contribution in [0.3, 0.4) is 0 Å². The van der Waals surface area contributed by atoms with Crippen molar-refractivity contribution in [3.63, 3.8) is 0 Å². The van der Waals surface area contributed by atoms with E-state index >= 15 is 0 Å². The zero-order chi connectivity index (χ0) is 11.4. The van der Waals surface area contributed by atoms with Crippen LogP contribution in [0.4, 0.5) is 0 Å². The predicted molar refractivity (Wildman–Crippen MR) is 54.6 cm³/mol. The van der Waals surface area contributed by atoms with E-state index in [1.54, 1.807) is 20.8 Å². The maximum atomic E-state index is 11.4. The summed E-state index contributed by atoms with van der Waals surface area (Å²) in [7, 11) is -1.94. The van der Waals surface area contributed by atoms with Crippen LogP contribution in [-0.2, 0) is 14.8 Å². The Labute approximate surface area is 85.5 Å². The molecule has 0 radical (unpaired) electrons. The molecule has 0 heterocycles. The molecule has 0 rings (SSSR count). The molecule has 0 saturated heterocycles. The Hall–Kier alpha value is -0.170. The molecule has 0 amide bonds. The van der Waals surface area contributed by atoms with Gasteiger partial charge in [0.2, 0.25) is 10.0 Å². The van der Waals surface area contributed by atoms with Gasteiger partial charge >= 0.3 is 0 Å². The van der Waals surface area contributed by atoms with E-state index in [4.69, 9.17) is 0 Å². The van der Waals surface area contributed by atoms with Gasteiger partial charge in [0, 0.05) is 7.11 Å². The molecule has 0 bridgehead atoms. The van der Waals surface area contributed by atoms with Crippen LogP contribution in [0.25, 0.3) is 0 Å². The molecule has 0 aliphatic carbocycles. The van der Waals surface area contributed by atoms with Crippen molar-refractivity contribution >= 4 is 10.0 Å². The molecule has 86 valence electrons. The topological polar surface area (TPSA) is 75.6 Å². The first-order chi connectivity index (χ1) is 6.21. The number of sulfonamides is 1. The number of nitrogens with one attached hydrogen (secondary N) is 1. The van der Waals surface area contributed by atoms with Crippen molar-refractivity contribution < 1.29 is 18.3 Å². The zero-order valence-corrected chi connectivity index (χ0v) is 9.89. The highest BCUT2D eigenvalue weighted by Gasteiger charge is 2.29. The van der Waals surface area contributed by atoms with E-state index in [1.807, 2.05) is 0 Å². The highest BCUT2D eigenvalue weighted by atomic mass is 32.2. The third-order valence-electron chi connectivity index (χ3n) is 2.02. The smallest absolute Gasteiger partial charge is 0.214 e. The highest BCUT2D eigenvalue weighted by molar-refractivity contribution is 7.89. The molecule has 0 spiro atoms. The second kappa shape index (κ2) is 5.06. The van der Waals surface area contributed by atoms with Gasteiger partial charge < -0.3 is 9.84 Å². The third kappa shape index (κ3) is 4.90. The number of aliphatic hydroxyl groups is 1. The molecule has 14 heavy (non-hydrogen) atoms. The largest absolute Gasteiger partial charge is 0.391 e. The number of rotatable bonds is 6. The molecule has 2 N–H and O–H groups in total. The monoisotopic (exact) mass is 225 g/mol. The average Bonchev–Trinajstić information content (AvgIpc) is 1.99. The first-order valence-corrected chi connectivity index (χ1v) is 6.05. The molecule has 0 aromatic rings. The quantitative estimate of drug-likeness (QED) is 0.651. The van der Waals surface area contributed by atoms with Crippen molar-refractivity contribution in [1.29, 1.82) is 0 Å². The Bertz CT molecular complexity index is 259.